The number of piperidine rings is 1. The fraction of sp³-hybridized carbons (Fsp3) is 0.667. The summed E-state index contributed by atoms with van der Waals surface area (Å²) >= 11 is 0. The minimum Gasteiger partial charge on any atom is -0.369 e. The number of urea groups is 1. The van der Waals surface area contributed by atoms with Gasteiger partial charge in [0.25, 0.3) is 0 Å². The minimum atomic E-state index is -0.304. The van der Waals surface area contributed by atoms with Crippen molar-refractivity contribution in [2.24, 2.45) is 0 Å². The van der Waals surface area contributed by atoms with Gasteiger partial charge in [0.05, 0.1) is 19.7 Å². The summed E-state index contributed by atoms with van der Waals surface area (Å²) in [7, 11) is 3.57. The fourth-order valence-corrected chi connectivity index (χ4v) is 3.26. The number of carbonyl (C=O) groups excluding carboxylic acids is 1. The first-order chi connectivity index (χ1) is 10.6. The summed E-state index contributed by atoms with van der Waals surface area (Å²) in [4.78, 5) is 26.6. The number of morpholine rings is 1. The van der Waals surface area contributed by atoms with Crippen molar-refractivity contribution in [3.05, 3.63) is 18.5 Å². The molecule has 3 rings (SSSR count). The maximum Gasteiger partial charge on any atom is 0.319 e. The molecule has 2 fully saturated rings. The summed E-state index contributed by atoms with van der Waals surface area (Å²) in [6.07, 6.45) is 5.50. The van der Waals surface area contributed by atoms with E-state index in [4.69, 9.17) is 4.74 Å². The predicted molar refractivity (Wildman–Crippen MR) is 82.8 cm³/mol. The molecule has 2 amide bonds. The summed E-state index contributed by atoms with van der Waals surface area (Å²) in [5.74, 6) is 0.737. The molecule has 0 bridgehead atoms. The standard InChI is InChI=1S/C15H23N5O2/c1-18(2)14(21)20-9-10-22-15(12-20)5-3-8-19(11-15)13-16-6-4-7-17-13/h4,6-7H,3,5,8-12H2,1-2H3. The van der Waals surface area contributed by atoms with Gasteiger partial charge in [0.2, 0.25) is 5.95 Å². The molecule has 1 aromatic rings. The lowest BCUT2D eigenvalue weighted by Gasteiger charge is -2.48. The molecule has 0 saturated carbocycles. The maximum atomic E-state index is 12.2. The highest BCUT2D eigenvalue weighted by Crippen LogP contribution is 2.30. The fourth-order valence-electron chi connectivity index (χ4n) is 3.26. The van der Waals surface area contributed by atoms with E-state index in [-0.39, 0.29) is 11.6 Å². The van der Waals surface area contributed by atoms with Gasteiger partial charge in [0.15, 0.2) is 0 Å². The number of rotatable bonds is 1. The van der Waals surface area contributed by atoms with Gasteiger partial charge in [-0.05, 0) is 18.9 Å². The second kappa shape index (κ2) is 6.08. The number of amides is 2. The molecular formula is C15H23N5O2. The van der Waals surface area contributed by atoms with Gasteiger partial charge >= 0.3 is 6.03 Å². The molecule has 0 N–H and O–H groups in total. The lowest BCUT2D eigenvalue weighted by atomic mass is 9.91. The normalized spacial score (nSPS) is 25.4. The Morgan fingerprint density at radius 1 is 1.27 bits per heavy atom. The van der Waals surface area contributed by atoms with Gasteiger partial charge in [-0.15, -0.1) is 0 Å². The quantitative estimate of drug-likeness (QED) is 0.769. The third-order valence-corrected chi connectivity index (χ3v) is 4.28. The lowest BCUT2D eigenvalue weighted by Crippen LogP contribution is -2.62. The molecule has 7 nitrogen and oxygen atoms in total. The Hall–Kier alpha value is -1.89. The summed E-state index contributed by atoms with van der Waals surface area (Å²) < 4.78 is 6.11. The first-order valence-electron chi connectivity index (χ1n) is 7.72. The molecule has 0 radical (unpaired) electrons. The van der Waals surface area contributed by atoms with Crippen LogP contribution in [0.1, 0.15) is 12.8 Å². The molecule has 0 aliphatic carbocycles. The SMILES string of the molecule is CN(C)C(=O)N1CCOC2(CCCN(c3ncccn3)C2)C1. The van der Waals surface area contributed by atoms with Crippen LogP contribution >= 0.6 is 0 Å². The van der Waals surface area contributed by atoms with Crippen molar-refractivity contribution in [3.63, 3.8) is 0 Å². The van der Waals surface area contributed by atoms with E-state index in [0.717, 1.165) is 31.9 Å². The maximum absolute atomic E-state index is 12.2. The van der Waals surface area contributed by atoms with E-state index in [1.807, 2.05) is 11.0 Å². The van der Waals surface area contributed by atoms with Gasteiger partial charge in [-0.1, -0.05) is 0 Å². The van der Waals surface area contributed by atoms with Crippen LogP contribution in [0.15, 0.2) is 18.5 Å². The van der Waals surface area contributed by atoms with Crippen molar-refractivity contribution >= 4 is 12.0 Å². The average Bonchev–Trinajstić information content (AvgIpc) is 2.55. The summed E-state index contributed by atoms with van der Waals surface area (Å²) in [5.41, 5.74) is -0.304. The molecule has 120 valence electrons. The Morgan fingerprint density at radius 3 is 2.77 bits per heavy atom. The number of ether oxygens (including phenoxy) is 1. The number of nitrogens with zero attached hydrogens (tertiary/aromatic N) is 5. The first kappa shape index (κ1) is 15.0. The summed E-state index contributed by atoms with van der Waals surface area (Å²) in [5, 5.41) is 0. The van der Waals surface area contributed by atoms with Gasteiger partial charge in [0.1, 0.15) is 5.60 Å². The number of aromatic nitrogens is 2. The number of hydrogen-bond acceptors (Lipinski definition) is 5. The van der Waals surface area contributed by atoms with E-state index in [1.54, 1.807) is 31.4 Å². The van der Waals surface area contributed by atoms with E-state index in [9.17, 15) is 4.79 Å². The Bertz CT molecular complexity index is 520. The third kappa shape index (κ3) is 2.99. The van der Waals surface area contributed by atoms with Crippen molar-refractivity contribution in [2.75, 3.05) is 51.8 Å². The van der Waals surface area contributed by atoms with Crippen LogP contribution in [0.25, 0.3) is 0 Å². The van der Waals surface area contributed by atoms with Crippen molar-refractivity contribution < 1.29 is 9.53 Å². The largest absolute Gasteiger partial charge is 0.369 e. The summed E-state index contributed by atoms with van der Waals surface area (Å²) in [6.45, 7) is 3.53. The smallest absolute Gasteiger partial charge is 0.319 e. The van der Waals surface area contributed by atoms with E-state index in [1.165, 1.54) is 0 Å². The minimum absolute atomic E-state index is 0.0516. The van der Waals surface area contributed by atoms with Gasteiger partial charge < -0.3 is 19.4 Å². The van der Waals surface area contributed by atoms with Crippen LogP contribution in [0.5, 0.6) is 0 Å². The zero-order valence-corrected chi connectivity index (χ0v) is 13.2. The molecule has 1 unspecified atom stereocenters. The Labute approximate surface area is 130 Å². The first-order valence-corrected chi connectivity index (χ1v) is 7.72. The van der Waals surface area contributed by atoms with Crippen LogP contribution in [0.2, 0.25) is 0 Å². The Kier molecular flexibility index (Phi) is 4.15. The van der Waals surface area contributed by atoms with Gasteiger partial charge in [0, 0.05) is 39.6 Å². The number of hydrogen-bond donors (Lipinski definition) is 0. The Morgan fingerprint density at radius 2 is 2.05 bits per heavy atom. The van der Waals surface area contributed by atoms with Crippen LogP contribution in [-0.2, 0) is 4.74 Å². The zero-order valence-electron chi connectivity index (χ0n) is 13.2. The van der Waals surface area contributed by atoms with Crippen molar-refractivity contribution in [1.82, 2.24) is 19.8 Å². The predicted octanol–water partition coefficient (Wildman–Crippen LogP) is 0.829. The highest BCUT2D eigenvalue weighted by Gasteiger charge is 2.42. The lowest BCUT2D eigenvalue weighted by molar-refractivity contribution is -0.104. The number of anilines is 1. The molecule has 1 atom stereocenters. The van der Waals surface area contributed by atoms with E-state index in [0.29, 0.717) is 19.7 Å². The van der Waals surface area contributed by atoms with Gasteiger partial charge in [-0.2, -0.15) is 0 Å². The monoisotopic (exact) mass is 305 g/mol. The molecule has 1 spiro atoms. The molecule has 7 heteroatoms. The van der Waals surface area contributed by atoms with Crippen LogP contribution in [-0.4, -0.2) is 78.3 Å². The van der Waals surface area contributed by atoms with E-state index >= 15 is 0 Å². The molecule has 2 aliphatic rings. The third-order valence-electron chi connectivity index (χ3n) is 4.28. The molecule has 2 aliphatic heterocycles. The summed E-state index contributed by atoms with van der Waals surface area (Å²) in [6, 6.07) is 1.87. The van der Waals surface area contributed by atoms with Gasteiger partial charge in [-0.25, -0.2) is 14.8 Å². The van der Waals surface area contributed by atoms with Gasteiger partial charge in [-0.3, -0.25) is 0 Å². The zero-order chi connectivity index (χ0) is 15.6. The Balaban J connectivity index is 1.73. The van der Waals surface area contributed by atoms with Crippen molar-refractivity contribution in [2.45, 2.75) is 18.4 Å². The van der Waals surface area contributed by atoms with E-state index < -0.39 is 0 Å². The highest BCUT2D eigenvalue weighted by atomic mass is 16.5. The second-order valence-corrected chi connectivity index (χ2v) is 6.20. The molecule has 2 saturated heterocycles. The molecular weight excluding hydrogens is 282 g/mol. The molecule has 3 heterocycles. The van der Waals surface area contributed by atoms with Crippen molar-refractivity contribution in [1.29, 1.82) is 0 Å². The van der Waals surface area contributed by atoms with Crippen LogP contribution in [0.4, 0.5) is 10.7 Å². The van der Waals surface area contributed by atoms with E-state index in [2.05, 4.69) is 14.9 Å². The van der Waals surface area contributed by atoms with Crippen LogP contribution < -0.4 is 4.90 Å². The average molecular weight is 305 g/mol. The number of carbonyl (C=O) groups is 1. The topological polar surface area (TPSA) is 61.8 Å². The molecule has 1 aromatic heterocycles. The highest BCUT2D eigenvalue weighted by molar-refractivity contribution is 5.74. The van der Waals surface area contributed by atoms with Crippen molar-refractivity contribution in [3.8, 4) is 0 Å². The van der Waals surface area contributed by atoms with Crippen LogP contribution in [0.3, 0.4) is 0 Å². The molecule has 22 heavy (non-hydrogen) atoms. The molecule has 0 aromatic carbocycles. The second-order valence-electron chi connectivity index (χ2n) is 6.20. The van der Waals surface area contributed by atoms with Crippen LogP contribution in [0, 0.1) is 0 Å².